The van der Waals surface area contributed by atoms with Crippen molar-refractivity contribution in [3.05, 3.63) is 35.4 Å². The summed E-state index contributed by atoms with van der Waals surface area (Å²) in [6.07, 6.45) is 2.91. The molecule has 1 aromatic carbocycles. The molecule has 1 heterocycles. The molecule has 3 rings (SSSR count). The highest BCUT2D eigenvalue weighted by Gasteiger charge is 2.39. The van der Waals surface area contributed by atoms with Crippen molar-refractivity contribution in [2.24, 2.45) is 10.4 Å². The van der Waals surface area contributed by atoms with Gasteiger partial charge in [0, 0.05) is 44.2 Å². The Bertz CT molecular complexity index is 612. The van der Waals surface area contributed by atoms with E-state index in [0.29, 0.717) is 24.5 Å². The molecule has 152 valence electrons. The standard InChI is InChI=1S/C21H33N3O2.HI/c1-15(2)16-4-6-17(7-5-16)18-12-19(18)24-20(22-3)23-13-21(8-10-25)9-11-26-14-21;/h4-7,15,18-19,25H,8-14H2,1-3H3,(H2,22,23,24);1H. The van der Waals surface area contributed by atoms with E-state index in [9.17, 15) is 5.11 Å². The average molecular weight is 487 g/mol. The quantitative estimate of drug-likeness (QED) is 0.314. The Morgan fingerprint density at radius 2 is 2.07 bits per heavy atom. The van der Waals surface area contributed by atoms with E-state index in [-0.39, 0.29) is 36.0 Å². The number of aliphatic hydroxyl groups is 1. The number of guanidine groups is 1. The number of aliphatic hydroxyl groups excluding tert-OH is 1. The zero-order valence-corrected chi connectivity index (χ0v) is 19.0. The maximum absolute atomic E-state index is 9.36. The largest absolute Gasteiger partial charge is 0.396 e. The minimum Gasteiger partial charge on any atom is -0.396 e. The average Bonchev–Trinajstić information content (AvgIpc) is 3.27. The molecule has 2 fully saturated rings. The molecule has 3 atom stereocenters. The van der Waals surface area contributed by atoms with E-state index in [4.69, 9.17) is 4.74 Å². The molecular weight excluding hydrogens is 453 g/mol. The summed E-state index contributed by atoms with van der Waals surface area (Å²) in [7, 11) is 1.81. The van der Waals surface area contributed by atoms with Gasteiger partial charge in [0.05, 0.1) is 6.61 Å². The lowest BCUT2D eigenvalue weighted by Gasteiger charge is -2.27. The van der Waals surface area contributed by atoms with E-state index in [2.05, 4.69) is 53.7 Å². The minimum atomic E-state index is 0. The molecule has 27 heavy (non-hydrogen) atoms. The van der Waals surface area contributed by atoms with Crippen LogP contribution in [0.25, 0.3) is 0 Å². The molecule has 2 aliphatic rings. The van der Waals surface area contributed by atoms with Crippen LogP contribution >= 0.6 is 24.0 Å². The van der Waals surface area contributed by atoms with Gasteiger partial charge in [0.1, 0.15) is 0 Å². The van der Waals surface area contributed by atoms with Gasteiger partial charge in [-0.05, 0) is 36.3 Å². The molecule has 6 heteroatoms. The molecule has 0 spiro atoms. The lowest BCUT2D eigenvalue weighted by atomic mass is 9.84. The van der Waals surface area contributed by atoms with Crippen molar-refractivity contribution in [3.63, 3.8) is 0 Å². The van der Waals surface area contributed by atoms with Crippen molar-refractivity contribution in [1.29, 1.82) is 0 Å². The Morgan fingerprint density at radius 3 is 2.63 bits per heavy atom. The number of ether oxygens (including phenoxy) is 1. The molecule has 1 aromatic rings. The van der Waals surface area contributed by atoms with Crippen molar-refractivity contribution < 1.29 is 9.84 Å². The number of hydrogen-bond acceptors (Lipinski definition) is 3. The third-order valence-corrected chi connectivity index (χ3v) is 5.83. The van der Waals surface area contributed by atoms with Gasteiger partial charge in [-0.3, -0.25) is 4.99 Å². The first-order valence-electron chi connectivity index (χ1n) is 9.82. The van der Waals surface area contributed by atoms with Gasteiger partial charge in [0.15, 0.2) is 5.96 Å². The van der Waals surface area contributed by atoms with Crippen molar-refractivity contribution in [2.45, 2.75) is 51.0 Å². The Hall–Kier alpha value is -0.860. The number of nitrogens with one attached hydrogen (secondary N) is 2. The highest BCUT2D eigenvalue weighted by molar-refractivity contribution is 14.0. The minimum absolute atomic E-state index is 0. The van der Waals surface area contributed by atoms with Gasteiger partial charge >= 0.3 is 0 Å². The number of nitrogens with zero attached hydrogens (tertiary/aromatic N) is 1. The predicted octanol–water partition coefficient (Wildman–Crippen LogP) is 3.24. The van der Waals surface area contributed by atoms with Crippen LogP contribution in [-0.4, -0.2) is 50.5 Å². The first kappa shape index (κ1) is 22.4. The van der Waals surface area contributed by atoms with Crippen LogP contribution in [0.1, 0.15) is 56.1 Å². The molecule has 3 N–H and O–H groups in total. The molecule has 1 aliphatic heterocycles. The second kappa shape index (κ2) is 10.1. The number of aliphatic imine (C=N–C) groups is 1. The molecule has 0 bridgehead atoms. The number of halogens is 1. The van der Waals surface area contributed by atoms with Crippen molar-refractivity contribution >= 4 is 29.9 Å². The van der Waals surface area contributed by atoms with Crippen LogP contribution in [0, 0.1) is 5.41 Å². The fourth-order valence-electron chi connectivity index (χ4n) is 3.80. The number of hydrogen-bond donors (Lipinski definition) is 3. The van der Waals surface area contributed by atoms with Crippen LogP contribution in [0.2, 0.25) is 0 Å². The first-order chi connectivity index (χ1) is 12.6. The fraction of sp³-hybridized carbons (Fsp3) is 0.667. The summed E-state index contributed by atoms with van der Waals surface area (Å²) in [6.45, 7) is 6.94. The van der Waals surface area contributed by atoms with Crippen LogP contribution in [0.15, 0.2) is 29.3 Å². The van der Waals surface area contributed by atoms with Crippen LogP contribution in [0.3, 0.4) is 0 Å². The lowest BCUT2D eigenvalue weighted by molar-refractivity contribution is 0.127. The Labute approximate surface area is 180 Å². The summed E-state index contributed by atoms with van der Waals surface area (Å²) in [5, 5.41) is 16.4. The Kier molecular flexibility index (Phi) is 8.37. The zero-order chi connectivity index (χ0) is 18.6. The SMILES string of the molecule is CN=C(NCC1(CCO)CCOC1)NC1CC1c1ccc(C(C)C)cc1.I. The lowest BCUT2D eigenvalue weighted by Crippen LogP contribution is -2.45. The monoisotopic (exact) mass is 487 g/mol. The Balaban J connectivity index is 0.00000261. The number of rotatable bonds is 7. The van der Waals surface area contributed by atoms with E-state index in [1.54, 1.807) is 0 Å². The van der Waals surface area contributed by atoms with Crippen LogP contribution in [0.4, 0.5) is 0 Å². The van der Waals surface area contributed by atoms with Gasteiger partial charge in [-0.15, -0.1) is 24.0 Å². The van der Waals surface area contributed by atoms with Gasteiger partial charge in [0.2, 0.25) is 0 Å². The zero-order valence-electron chi connectivity index (χ0n) is 16.7. The summed E-state index contributed by atoms with van der Waals surface area (Å²) >= 11 is 0. The highest BCUT2D eigenvalue weighted by Crippen LogP contribution is 2.41. The molecule has 1 saturated heterocycles. The summed E-state index contributed by atoms with van der Waals surface area (Å²) in [5.74, 6) is 1.99. The summed E-state index contributed by atoms with van der Waals surface area (Å²) in [5.41, 5.74) is 2.83. The van der Waals surface area contributed by atoms with Gasteiger partial charge in [-0.1, -0.05) is 38.1 Å². The fourth-order valence-corrected chi connectivity index (χ4v) is 3.80. The van der Waals surface area contributed by atoms with Crippen LogP contribution in [-0.2, 0) is 4.74 Å². The summed E-state index contributed by atoms with van der Waals surface area (Å²) in [4.78, 5) is 4.38. The second-order valence-corrected chi connectivity index (χ2v) is 8.12. The van der Waals surface area contributed by atoms with Crippen molar-refractivity contribution in [3.8, 4) is 0 Å². The first-order valence-corrected chi connectivity index (χ1v) is 9.82. The van der Waals surface area contributed by atoms with Gasteiger partial charge in [-0.2, -0.15) is 0 Å². The third kappa shape index (κ3) is 5.81. The second-order valence-electron chi connectivity index (χ2n) is 8.12. The van der Waals surface area contributed by atoms with E-state index in [0.717, 1.165) is 38.4 Å². The third-order valence-electron chi connectivity index (χ3n) is 5.83. The number of benzene rings is 1. The smallest absolute Gasteiger partial charge is 0.191 e. The molecule has 0 amide bonds. The molecule has 5 nitrogen and oxygen atoms in total. The molecule has 1 saturated carbocycles. The normalized spacial score (nSPS) is 27.4. The summed E-state index contributed by atoms with van der Waals surface area (Å²) in [6, 6.07) is 9.48. The van der Waals surface area contributed by atoms with E-state index < -0.39 is 0 Å². The molecule has 1 aliphatic carbocycles. The van der Waals surface area contributed by atoms with Gasteiger partial charge < -0.3 is 20.5 Å². The van der Waals surface area contributed by atoms with Gasteiger partial charge in [-0.25, -0.2) is 0 Å². The van der Waals surface area contributed by atoms with E-state index in [1.165, 1.54) is 11.1 Å². The van der Waals surface area contributed by atoms with Crippen molar-refractivity contribution in [1.82, 2.24) is 10.6 Å². The molecule has 3 unspecified atom stereocenters. The van der Waals surface area contributed by atoms with Crippen LogP contribution < -0.4 is 10.6 Å². The molecular formula is C21H34IN3O2. The maximum atomic E-state index is 9.36. The van der Waals surface area contributed by atoms with E-state index >= 15 is 0 Å². The maximum Gasteiger partial charge on any atom is 0.191 e. The summed E-state index contributed by atoms with van der Waals surface area (Å²) < 4.78 is 5.56. The molecule has 0 aromatic heterocycles. The topological polar surface area (TPSA) is 65.9 Å². The van der Waals surface area contributed by atoms with Crippen LogP contribution in [0.5, 0.6) is 0 Å². The van der Waals surface area contributed by atoms with E-state index in [1.807, 2.05) is 7.05 Å². The van der Waals surface area contributed by atoms with Crippen molar-refractivity contribution in [2.75, 3.05) is 33.4 Å². The Morgan fingerprint density at radius 1 is 1.33 bits per heavy atom. The molecule has 0 radical (unpaired) electrons. The predicted molar refractivity (Wildman–Crippen MR) is 121 cm³/mol. The van der Waals surface area contributed by atoms with Gasteiger partial charge in [0.25, 0.3) is 0 Å². The highest BCUT2D eigenvalue weighted by atomic mass is 127.